The molecule has 5 rings (SSSR count). The summed E-state index contributed by atoms with van der Waals surface area (Å²) >= 11 is 5.86. The Bertz CT molecular complexity index is 1300. The predicted octanol–water partition coefficient (Wildman–Crippen LogP) is 4.70. The van der Waals surface area contributed by atoms with Crippen LogP contribution in [0, 0.1) is 18.8 Å². The maximum Gasteiger partial charge on any atom is 0.254 e. The van der Waals surface area contributed by atoms with Gasteiger partial charge in [-0.05, 0) is 55.0 Å². The van der Waals surface area contributed by atoms with Gasteiger partial charge in [-0.15, -0.1) is 0 Å². The number of carbonyl (C=O) groups excluding carboxylic acids is 2. The summed E-state index contributed by atoms with van der Waals surface area (Å²) in [7, 11) is 3.14. The molecule has 0 aliphatic carbocycles. The fourth-order valence-corrected chi connectivity index (χ4v) is 5.21. The van der Waals surface area contributed by atoms with Crippen LogP contribution in [0.5, 0.6) is 23.1 Å². The van der Waals surface area contributed by atoms with E-state index in [0.717, 1.165) is 5.56 Å². The Balaban J connectivity index is 1.20. The van der Waals surface area contributed by atoms with Crippen LogP contribution < -0.4 is 14.2 Å². The summed E-state index contributed by atoms with van der Waals surface area (Å²) in [6.45, 7) is 4.41. The van der Waals surface area contributed by atoms with E-state index in [1.54, 1.807) is 56.7 Å². The summed E-state index contributed by atoms with van der Waals surface area (Å²) in [5.74, 6) is 2.63. The van der Waals surface area contributed by atoms with Gasteiger partial charge in [0.05, 0.1) is 19.2 Å². The molecule has 0 unspecified atom stereocenters. The molecule has 2 saturated heterocycles. The Labute approximate surface area is 220 Å². The number of methoxy groups -OCH3 is 2. The van der Waals surface area contributed by atoms with Gasteiger partial charge >= 0.3 is 0 Å². The fraction of sp³-hybridized carbons (Fsp3) is 0.321. The Morgan fingerprint density at radius 3 is 2.03 bits per heavy atom. The zero-order valence-electron chi connectivity index (χ0n) is 20.9. The molecule has 2 fully saturated rings. The first-order valence-corrected chi connectivity index (χ1v) is 12.4. The molecule has 0 spiro atoms. The van der Waals surface area contributed by atoms with Crippen molar-refractivity contribution in [2.45, 2.75) is 6.92 Å². The van der Waals surface area contributed by atoms with Crippen molar-refractivity contribution in [3.8, 4) is 23.1 Å². The minimum Gasteiger partial charge on any atom is -0.493 e. The third kappa shape index (κ3) is 5.06. The first-order valence-electron chi connectivity index (χ1n) is 12.1. The number of hydrogen-bond acceptors (Lipinski definition) is 6. The van der Waals surface area contributed by atoms with Crippen LogP contribution in [0.1, 0.15) is 26.3 Å². The minimum absolute atomic E-state index is 0.0146. The van der Waals surface area contributed by atoms with Crippen molar-refractivity contribution in [3.63, 3.8) is 0 Å². The van der Waals surface area contributed by atoms with Crippen LogP contribution in [0.4, 0.5) is 0 Å². The smallest absolute Gasteiger partial charge is 0.254 e. The highest BCUT2D eigenvalue weighted by Gasteiger charge is 2.43. The second-order valence-corrected chi connectivity index (χ2v) is 9.84. The molecular formula is C28H28ClN3O5. The standard InChI is InChI=1S/C28H28ClN3O5/c1-17-10-24(35-2)25(36-3)11-23(17)28(34)32-15-19-13-31(14-20(19)16-32)27(33)18-4-7-22(8-5-18)37-26-9-6-21(29)12-30-26/h4-12,19-20H,13-16H2,1-3H3/t19-,20+. The molecule has 1 aromatic heterocycles. The van der Waals surface area contributed by atoms with E-state index >= 15 is 0 Å². The molecule has 9 heteroatoms. The second kappa shape index (κ2) is 10.3. The van der Waals surface area contributed by atoms with Crippen LogP contribution >= 0.6 is 11.6 Å². The van der Waals surface area contributed by atoms with E-state index < -0.39 is 0 Å². The van der Waals surface area contributed by atoms with E-state index in [4.69, 9.17) is 25.8 Å². The van der Waals surface area contributed by atoms with Crippen molar-refractivity contribution < 1.29 is 23.8 Å². The number of ether oxygens (including phenoxy) is 3. The third-order valence-corrected chi connectivity index (χ3v) is 7.27. The van der Waals surface area contributed by atoms with Crippen LogP contribution in [0.25, 0.3) is 0 Å². The molecule has 0 N–H and O–H groups in total. The fourth-order valence-electron chi connectivity index (χ4n) is 5.10. The second-order valence-electron chi connectivity index (χ2n) is 9.40. The molecule has 0 bridgehead atoms. The Morgan fingerprint density at radius 2 is 1.46 bits per heavy atom. The number of carbonyl (C=O) groups is 2. The molecule has 2 aliphatic heterocycles. The summed E-state index contributed by atoms with van der Waals surface area (Å²) in [4.78, 5) is 34.4. The Kier molecular flexibility index (Phi) is 6.93. The van der Waals surface area contributed by atoms with Crippen molar-refractivity contribution in [1.82, 2.24) is 14.8 Å². The maximum absolute atomic E-state index is 13.3. The molecule has 3 heterocycles. The van der Waals surface area contributed by atoms with E-state index in [2.05, 4.69) is 4.98 Å². The molecule has 0 saturated carbocycles. The Hall–Kier alpha value is -3.78. The molecule has 2 amide bonds. The van der Waals surface area contributed by atoms with Crippen molar-refractivity contribution >= 4 is 23.4 Å². The number of pyridine rings is 1. The lowest BCUT2D eigenvalue weighted by Gasteiger charge is -2.23. The summed E-state index contributed by atoms with van der Waals surface area (Å²) in [5.41, 5.74) is 2.06. The average Bonchev–Trinajstić information content (AvgIpc) is 3.49. The first-order chi connectivity index (χ1) is 17.9. The molecular weight excluding hydrogens is 494 g/mol. The van der Waals surface area contributed by atoms with Gasteiger partial charge in [0.25, 0.3) is 11.8 Å². The number of benzene rings is 2. The van der Waals surface area contributed by atoms with Crippen molar-refractivity contribution in [3.05, 3.63) is 76.4 Å². The van der Waals surface area contributed by atoms with Gasteiger partial charge in [-0.25, -0.2) is 4.98 Å². The molecule has 37 heavy (non-hydrogen) atoms. The minimum atomic E-state index is -0.0171. The van der Waals surface area contributed by atoms with E-state index in [1.165, 1.54) is 6.20 Å². The van der Waals surface area contributed by atoms with Gasteiger partial charge in [-0.2, -0.15) is 0 Å². The van der Waals surface area contributed by atoms with Gasteiger partial charge in [-0.3, -0.25) is 9.59 Å². The molecule has 2 atom stereocenters. The molecule has 2 aliphatic rings. The van der Waals surface area contributed by atoms with E-state index in [-0.39, 0.29) is 23.7 Å². The van der Waals surface area contributed by atoms with Crippen LogP contribution in [0.15, 0.2) is 54.7 Å². The summed E-state index contributed by atoms with van der Waals surface area (Å²) in [5, 5.41) is 0.534. The number of halogens is 1. The summed E-state index contributed by atoms with van der Waals surface area (Å²) in [6, 6.07) is 14.0. The average molecular weight is 522 g/mol. The van der Waals surface area contributed by atoms with Crippen molar-refractivity contribution in [2.75, 3.05) is 40.4 Å². The third-order valence-electron chi connectivity index (χ3n) is 7.05. The SMILES string of the molecule is COc1cc(C)c(C(=O)N2C[C@H]3CN(C(=O)c4ccc(Oc5ccc(Cl)cn5)cc4)C[C@H]3C2)cc1OC. The zero-order valence-corrected chi connectivity index (χ0v) is 21.7. The number of likely N-dealkylation sites (tertiary alicyclic amines) is 2. The number of amides is 2. The van der Waals surface area contributed by atoms with Crippen LogP contribution in [0.2, 0.25) is 5.02 Å². The van der Waals surface area contributed by atoms with Crippen LogP contribution in [0.3, 0.4) is 0 Å². The van der Waals surface area contributed by atoms with Gasteiger partial charge in [0.15, 0.2) is 11.5 Å². The molecule has 8 nitrogen and oxygen atoms in total. The van der Waals surface area contributed by atoms with Gasteiger partial charge in [0.2, 0.25) is 5.88 Å². The largest absolute Gasteiger partial charge is 0.493 e. The van der Waals surface area contributed by atoms with Crippen LogP contribution in [-0.4, -0.2) is 67.0 Å². The normalized spacial score (nSPS) is 18.5. The first kappa shape index (κ1) is 24.9. The molecule has 3 aromatic rings. The lowest BCUT2D eigenvalue weighted by atomic mass is 10.0. The lowest BCUT2D eigenvalue weighted by Crippen LogP contribution is -2.35. The maximum atomic E-state index is 13.3. The summed E-state index contributed by atoms with van der Waals surface area (Å²) < 4.78 is 16.4. The van der Waals surface area contributed by atoms with Crippen molar-refractivity contribution in [2.24, 2.45) is 11.8 Å². The number of rotatable bonds is 6. The van der Waals surface area contributed by atoms with E-state index in [0.29, 0.717) is 65.5 Å². The molecule has 2 aromatic carbocycles. The van der Waals surface area contributed by atoms with E-state index in [1.807, 2.05) is 22.8 Å². The van der Waals surface area contributed by atoms with Gasteiger partial charge in [-0.1, -0.05) is 11.6 Å². The number of nitrogens with zero attached hydrogens (tertiary/aromatic N) is 3. The van der Waals surface area contributed by atoms with Gasteiger partial charge < -0.3 is 24.0 Å². The van der Waals surface area contributed by atoms with Crippen LogP contribution in [-0.2, 0) is 0 Å². The highest BCUT2D eigenvalue weighted by atomic mass is 35.5. The summed E-state index contributed by atoms with van der Waals surface area (Å²) in [6.07, 6.45) is 1.52. The monoisotopic (exact) mass is 521 g/mol. The quantitative estimate of drug-likeness (QED) is 0.468. The number of hydrogen-bond donors (Lipinski definition) is 0. The highest BCUT2D eigenvalue weighted by Crippen LogP contribution is 2.35. The predicted molar refractivity (Wildman–Crippen MR) is 139 cm³/mol. The van der Waals surface area contributed by atoms with Gasteiger partial charge in [0, 0.05) is 61.4 Å². The van der Waals surface area contributed by atoms with Gasteiger partial charge in [0.1, 0.15) is 5.75 Å². The van der Waals surface area contributed by atoms with Crippen molar-refractivity contribution in [1.29, 1.82) is 0 Å². The molecule has 0 radical (unpaired) electrons. The highest BCUT2D eigenvalue weighted by molar-refractivity contribution is 6.30. The number of aromatic nitrogens is 1. The molecule has 192 valence electrons. The number of fused-ring (bicyclic) bond motifs is 1. The topological polar surface area (TPSA) is 81.2 Å². The lowest BCUT2D eigenvalue weighted by molar-refractivity contribution is 0.0738. The number of aryl methyl sites for hydroxylation is 1. The van der Waals surface area contributed by atoms with E-state index in [9.17, 15) is 9.59 Å². The zero-order chi connectivity index (χ0) is 26.1. The Morgan fingerprint density at radius 1 is 0.865 bits per heavy atom.